The van der Waals surface area contributed by atoms with Crippen LogP contribution in [0.25, 0.3) is 0 Å². The van der Waals surface area contributed by atoms with Gasteiger partial charge in [-0.2, -0.15) is 13.2 Å². The van der Waals surface area contributed by atoms with E-state index in [-0.39, 0.29) is 17.2 Å². The van der Waals surface area contributed by atoms with Crippen LogP contribution in [0.2, 0.25) is 0 Å². The van der Waals surface area contributed by atoms with Gasteiger partial charge in [-0.05, 0) is 24.8 Å². The summed E-state index contributed by atoms with van der Waals surface area (Å²) in [6.07, 6.45) is -4.24. The third kappa shape index (κ3) is 3.01. The van der Waals surface area contributed by atoms with Crippen LogP contribution in [0, 0.1) is 5.92 Å². The lowest BCUT2D eigenvalue weighted by Gasteiger charge is -2.28. The van der Waals surface area contributed by atoms with E-state index in [4.69, 9.17) is 10.5 Å². The number of hydrogen-bond donors (Lipinski definition) is 2. The van der Waals surface area contributed by atoms with Gasteiger partial charge in [0.05, 0.1) is 11.7 Å². The van der Waals surface area contributed by atoms with Gasteiger partial charge in [-0.3, -0.25) is 0 Å². The highest BCUT2D eigenvalue weighted by Crippen LogP contribution is 2.39. The number of alkyl halides is 3. The van der Waals surface area contributed by atoms with E-state index in [1.165, 1.54) is 12.1 Å². The summed E-state index contributed by atoms with van der Waals surface area (Å²) in [5.41, 5.74) is 4.45. The Kier molecular flexibility index (Phi) is 4.01. The summed E-state index contributed by atoms with van der Waals surface area (Å²) in [5.74, 6) is -0.112. The van der Waals surface area contributed by atoms with E-state index in [2.05, 4.69) is 0 Å². The van der Waals surface area contributed by atoms with Crippen molar-refractivity contribution in [3.63, 3.8) is 0 Å². The van der Waals surface area contributed by atoms with E-state index in [0.29, 0.717) is 26.1 Å². The third-order valence-electron chi connectivity index (χ3n) is 3.48. The molecule has 0 radical (unpaired) electrons. The average molecular weight is 275 g/mol. The minimum Gasteiger partial charge on any atom is -0.398 e. The molecule has 1 aliphatic heterocycles. The highest BCUT2D eigenvalue weighted by Gasteiger charge is 2.35. The number of hydrogen-bond acceptors (Lipinski definition) is 3. The molecule has 0 spiro atoms. The molecule has 0 saturated carbocycles. The van der Waals surface area contributed by atoms with E-state index in [0.717, 1.165) is 6.07 Å². The number of benzene rings is 1. The molecule has 0 aliphatic carbocycles. The number of aliphatic hydroxyl groups excluding tert-OH is 1. The van der Waals surface area contributed by atoms with Gasteiger partial charge in [0.15, 0.2) is 0 Å². The molecule has 1 aliphatic rings. The summed E-state index contributed by atoms with van der Waals surface area (Å²) >= 11 is 0. The number of rotatable bonds is 2. The number of halogens is 3. The minimum atomic E-state index is -4.50. The van der Waals surface area contributed by atoms with Crippen LogP contribution in [-0.2, 0) is 10.9 Å². The molecule has 3 N–H and O–H groups in total. The van der Waals surface area contributed by atoms with Gasteiger partial charge in [0.1, 0.15) is 0 Å². The van der Waals surface area contributed by atoms with E-state index in [9.17, 15) is 18.3 Å². The molecule has 2 rings (SSSR count). The number of nitrogens with two attached hydrogens (primary N) is 1. The molecule has 19 heavy (non-hydrogen) atoms. The summed E-state index contributed by atoms with van der Waals surface area (Å²) in [6.45, 7) is 1.03. The van der Waals surface area contributed by atoms with Gasteiger partial charge < -0.3 is 15.6 Å². The molecule has 1 unspecified atom stereocenters. The summed E-state index contributed by atoms with van der Waals surface area (Å²) in [5, 5.41) is 10.2. The smallest absolute Gasteiger partial charge is 0.398 e. The molecule has 1 saturated heterocycles. The second-order valence-corrected chi connectivity index (χ2v) is 4.70. The van der Waals surface area contributed by atoms with Crippen LogP contribution in [0.1, 0.15) is 30.1 Å². The van der Waals surface area contributed by atoms with Gasteiger partial charge in [0.25, 0.3) is 0 Å². The first kappa shape index (κ1) is 14.1. The molecule has 1 aromatic carbocycles. The first-order valence-electron chi connectivity index (χ1n) is 6.12. The first-order chi connectivity index (χ1) is 8.91. The standard InChI is InChI=1S/C13H16F3NO2/c14-13(15,16)10-3-1-2-9(11(10)17)12(18)8-4-6-19-7-5-8/h1-3,8,12,18H,4-7,17H2. The lowest BCUT2D eigenvalue weighted by molar-refractivity contribution is -0.137. The number of anilines is 1. The molecule has 1 atom stereocenters. The van der Waals surface area contributed by atoms with Gasteiger partial charge in [-0.25, -0.2) is 0 Å². The Morgan fingerprint density at radius 1 is 1.26 bits per heavy atom. The molecule has 6 heteroatoms. The third-order valence-corrected chi connectivity index (χ3v) is 3.48. The molecule has 0 aromatic heterocycles. The fourth-order valence-corrected chi connectivity index (χ4v) is 2.37. The molecular formula is C13H16F3NO2. The van der Waals surface area contributed by atoms with Gasteiger partial charge in [-0.1, -0.05) is 12.1 Å². The zero-order chi connectivity index (χ0) is 14.0. The van der Waals surface area contributed by atoms with Gasteiger partial charge in [0, 0.05) is 24.5 Å². The Hall–Kier alpha value is -1.27. The summed E-state index contributed by atoms with van der Waals surface area (Å²) in [4.78, 5) is 0. The molecule has 1 fully saturated rings. The van der Waals surface area contributed by atoms with Crippen molar-refractivity contribution < 1.29 is 23.0 Å². The molecule has 0 bridgehead atoms. The summed E-state index contributed by atoms with van der Waals surface area (Å²) in [6, 6.07) is 3.65. The Balaban J connectivity index is 2.29. The van der Waals surface area contributed by atoms with E-state index in [1.54, 1.807) is 0 Å². The Morgan fingerprint density at radius 3 is 2.47 bits per heavy atom. The van der Waals surface area contributed by atoms with Crippen LogP contribution >= 0.6 is 0 Å². The van der Waals surface area contributed by atoms with Crippen LogP contribution in [0.5, 0.6) is 0 Å². The fraction of sp³-hybridized carbons (Fsp3) is 0.538. The van der Waals surface area contributed by atoms with Gasteiger partial charge >= 0.3 is 6.18 Å². The second kappa shape index (κ2) is 5.38. The Morgan fingerprint density at radius 2 is 1.89 bits per heavy atom. The second-order valence-electron chi connectivity index (χ2n) is 4.70. The van der Waals surface area contributed by atoms with Crippen molar-refractivity contribution in [1.29, 1.82) is 0 Å². The number of nitrogen functional groups attached to an aromatic ring is 1. The molecule has 1 aromatic rings. The van der Waals surface area contributed by atoms with E-state index in [1.807, 2.05) is 0 Å². The normalized spacial score (nSPS) is 19.4. The summed E-state index contributed by atoms with van der Waals surface area (Å²) < 4.78 is 43.4. The van der Waals surface area contributed by atoms with Crippen molar-refractivity contribution in [2.45, 2.75) is 25.1 Å². The Labute approximate surface area is 109 Å². The SMILES string of the molecule is Nc1c(C(O)C2CCOCC2)cccc1C(F)(F)F. The minimum absolute atomic E-state index is 0.112. The number of ether oxygens (including phenoxy) is 1. The quantitative estimate of drug-likeness (QED) is 0.816. The maximum absolute atomic E-state index is 12.8. The molecule has 3 nitrogen and oxygen atoms in total. The van der Waals surface area contributed by atoms with Crippen molar-refractivity contribution in [3.05, 3.63) is 29.3 Å². The highest BCUT2D eigenvalue weighted by molar-refractivity contribution is 5.56. The monoisotopic (exact) mass is 275 g/mol. The topological polar surface area (TPSA) is 55.5 Å². The van der Waals surface area contributed by atoms with Crippen molar-refractivity contribution >= 4 is 5.69 Å². The Bertz CT molecular complexity index is 442. The largest absolute Gasteiger partial charge is 0.418 e. The van der Waals surface area contributed by atoms with Crippen LogP contribution in [0.15, 0.2) is 18.2 Å². The lowest BCUT2D eigenvalue weighted by atomic mass is 9.88. The maximum Gasteiger partial charge on any atom is 0.418 e. The van der Waals surface area contributed by atoms with Crippen LogP contribution in [-0.4, -0.2) is 18.3 Å². The predicted molar refractivity (Wildman–Crippen MR) is 64.4 cm³/mol. The molecule has 106 valence electrons. The molecular weight excluding hydrogens is 259 g/mol. The van der Waals surface area contributed by atoms with Crippen molar-refractivity contribution in [2.75, 3.05) is 18.9 Å². The lowest BCUT2D eigenvalue weighted by Crippen LogP contribution is -2.23. The van der Waals surface area contributed by atoms with Crippen LogP contribution < -0.4 is 5.73 Å². The van der Waals surface area contributed by atoms with Crippen LogP contribution in [0.3, 0.4) is 0 Å². The van der Waals surface area contributed by atoms with Crippen LogP contribution in [0.4, 0.5) is 18.9 Å². The number of aliphatic hydroxyl groups is 1. The van der Waals surface area contributed by atoms with Gasteiger partial charge in [0.2, 0.25) is 0 Å². The van der Waals surface area contributed by atoms with E-state index < -0.39 is 17.8 Å². The zero-order valence-electron chi connectivity index (χ0n) is 10.3. The first-order valence-corrected chi connectivity index (χ1v) is 6.12. The highest BCUT2D eigenvalue weighted by atomic mass is 19.4. The predicted octanol–water partition coefficient (Wildman–Crippen LogP) is 2.75. The van der Waals surface area contributed by atoms with Crippen molar-refractivity contribution in [1.82, 2.24) is 0 Å². The van der Waals surface area contributed by atoms with Crippen molar-refractivity contribution in [2.24, 2.45) is 5.92 Å². The molecule has 1 heterocycles. The van der Waals surface area contributed by atoms with E-state index >= 15 is 0 Å². The number of para-hydroxylation sites is 1. The average Bonchev–Trinajstić information content (AvgIpc) is 2.38. The summed E-state index contributed by atoms with van der Waals surface area (Å²) in [7, 11) is 0. The zero-order valence-corrected chi connectivity index (χ0v) is 10.3. The maximum atomic E-state index is 12.8. The fourth-order valence-electron chi connectivity index (χ4n) is 2.37. The van der Waals surface area contributed by atoms with Crippen molar-refractivity contribution in [3.8, 4) is 0 Å². The van der Waals surface area contributed by atoms with Gasteiger partial charge in [-0.15, -0.1) is 0 Å². The molecule has 0 amide bonds.